The number of allylic oxidation sites excluding steroid dienone is 7. The monoisotopic (exact) mass is 634 g/mol. The van der Waals surface area contributed by atoms with E-state index < -0.39 is 0 Å². The van der Waals surface area contributed by atoms with Gasteiger partial charge in [0.2, 0.25) is 0 Å². The number of nitrogens with zero attached hydrogens (tertiary/aromatic N) is 1. The topological polar surface area (TPSA) is 70.9 Å². The number of aliphatic hydroxyl groups is 1. The van der Waals surface area contributed by atoms with E-state index in [0.717, 1.165) is 36.0 Å². The molecule has 0 aliphatic rings. The number of hydrogen-bond acceptors (Lipinski definition) is 5. The van der Waals surface area contributed by atoms with Crippen LogP contribution >= 0.6 is 23.2 Å². The van der Waals surface area contributed by atoms with E-state index >= 15 is 0 Å². The Balaban J connectivity index is 0.000000745. The summed E-state index contributed by atoms with van der Waals surface area (Å²) >= 11 is 12.2. The van der Waals surface area contributed by atoms with Crippen LogP contribution in [-0.4, -0.2) is 38.9 Å². The van der Waals surface area contributed by atoms with Gasteiger partial charge in [-0.1, -0.05) is 126 Å². The Bertz CT molecular complexity index is 1330. The Morgan fingerprint density at radius 3 is 2.02 bits per heavy atom. The molecular weight excluding hydrogens is 591 g/mol. The lowest BCUT2D eigenvalue weighted by atomic mass is 10.1. The van der Waals surface area contributed by atoms with E-state index in [1.165, 1.54) is 5.56 Å². The Morgan fingerprint density at radius 1 is 0.932 bits per heavy atom. The van der Waals surface area contributed by atoms with Crippen molar-refractivity contribution in [3.05, 3.63) is 160 Å². The normalized spacial score (nSPS) is 10.9. The number of nitrogens with one attached hydrogen (secondary N) is 1. The summed E-state index contributed by atoms with van der Waals surface area (Å²) in [6.07, 6.45) is 20.0. The molecule has 0 unspecified atom stereocenters. The summed E-state index contributed by atoms with van der Waals surface area (Å²) in [7, 11) is 5.07. The van der Waals surface area contributed by atoms with Crippen molar-refractivity contribution in [2.45, 2.75) is 26.4 Å². The lowest BCUT2D eigenvalue weighted by Gasteiger charge is -2.05. The fourth-order valence-electron chi connectivity index (χ4n) is 3.04. The van der Waals surface area contributed by atoms with Gasteiger partial charge in [-0.3, -0.25) is 9.79 Å². The molecule has 0 fully saturated rings. The molecule has 0 saturated heterocycles. The Hall–Kier alpha value is -4.00. The highest BCUT2D eigenvalue weighted by atomic mass is 35.5. The standard InChI is InChI=1S/C20H22Cl2N2.C8H8O2.C7H8.C2H6O/c1-3-4-5-6-7-8-9-10-11-14-24-20(16-23-2)18-13-12-17(21)15-19(18)22;9-5-7-1-2-8(6-10)4-3-7;1-7-5-3-2-4-6-7;1-3-2/h3-5,7-8,10-16,23H,1,6,9H2,2H3;1-5,10H,6H2;2-6H,1H3;1-2H3/b5-4-,8-7-,11-10+,20-16-,24-14-;;;. The average Bonchev–Trinajstić information content (AvgIpc) is 3.03. The predicted octanol–water partition coefficient (Wildman–Crippen LogP) is 9.47. The zero-order valence-corrected chi connectivity index (χ0v) is 27.5. The van der Waals surface area contributed by atoms with Gasteiger partial charge in [0.1, 0.15) is 6.29 Å². The van der Waals surface area contributed by atoms with Gasteiger partial charge < -0.3 is 15.2 Å². The van der Waals surface area contributed by atoms with E-state index in [2.05, 4.69) is 58.9 Å². The number of rotatable bonds is 11. The van der Waals surface area contributed by atoms with Crippen LogP contribution in [0.2, 0.25) is 10.0 Å². The number of carbonyl (C=O) groups is 1. The molecule has 2 N–H and O–H groups in total. The summed E-state index contributed by atoms with van der Waals surface area (Å²) in [5, 5.41) is 12.8. The summed E-state index contributed by atoms with van der Waals surface area (Å²) in [5.74, 6) is 0. The van der Waals surface area contributed by atoms with E-state index in [-0.39, 0.29) is 6.61 Å². The third-order valence-corrected chi connectivity index (χ3v) is 5.69. The minimum absolute atomic E-state index is 0.0269. The number of carbonyl (C=O) groups excluding carboxylic acids is 1. The van der Waals surface area contributed by atoms with E-state index in [9.17, 15) is 4.79 Å². The van der Waals surface area contributed by atoms with Crippen molar-refractivity contribution >= 4 is 41.4 Å². The van der Waals surface area contributed by atoms with Gasteiger partial charge >= 0.3 is 0 Å². The maximum absolute atomic E-state index is 10.1. The molecule has 0 saturated carbocycles. The summed E-state index contributed by atoms with van der Waals surface area (Å²) in [5.41, 5.74) is 4.35. The van der Waals surface area contributed by atoms with Crippen molar-refractivity contribution in [2.24, 2.45) is 4.99 Å². The molecule has 0 bridgehead atoms. The molecule has 0 radical (unpaired) electrons. The Kier molecular flexibility index (Phi) is 25.3. The van der Waals surface area contributed by atoms with Gasteiger partial charge in [-0.15, -0.1) is 0 Å². The third-order valence-electron chi connectivity index (χ3n) is 5.15. The molecule has 0 aliphatic heterocycles. The van der Waals surface area contributed by atoms with Crippen LogP contribution in [0.25, 0.3) is 5.70 Å². The molecule has 3 aromatic carbocycles. The quantitative estimate of drug-likeness (QED) is 0.0953. The average molecular weight is 636 g/mol. The van der Waals surface area contributed by atoms with Gasteiger partial charge in [0.05, 0.1) is 17.3 Å². The Labute approximate surface area is 273 Å². The molecule has 3 rings (SSSR count). The predicted molar refractivity (Wildman–Crippen MR) is 191 cm³/mol. The molecule has 44 heavy (non-hydrogen) atoms. The second kappa shape index (κ2) is 27.8. The lowest BCUT2D eigenvalue weighted by Crippen LogP contribution is -1.96. The highest BCUT2D eigenvalue weighted by Gasteiger charge is 2.05. The second-order valence-electron chi connectivity index (χ2n) is 8.84. The minimum atomic E-state index is 0.0269. The molecule has 5 nitrogen and oxygen atoms in total. The zero-order chi connectivity index (χ0) is 32.8. The zero-order valence-electron chi connectivity index (χ0n) is 26.0. The van der Waals surface area contributed by atoms with E-state index in [1.807, 2.05) is 49.5 Å². The molecule has 3 aromatic rings. The van der Waals surface area contributed by atoms with Gasteiger partial charge in [0.15, 0.2) is 0 Å². The highest BCUT2D eigenvalue weighted by Crippen LogP contribution is 2.27. The smallest absolute Gasteiger partial charge is 0.150 e. The first-order valence-corrected chi connectivity index (χ1v) is 14.6. The molecule has 0 aromatic heterocycles. The number of methoxy groups -OCH3 is 1. The number of aliphatic imine (C=N–C) groups is 1. The SMILES string of the molecule is C=C/C=C\C/C=C\C/C=C/C=N\C(=C/NC)c1ccc(Cl)cc1Cl.COC.Cc1ccccc1.O=Cc1ccc(CO)cc1. The van der Waals surface area contributed by atoms with Crippen molar-refractivity contribution in [2.75, 3.05) is 21.3 Å². The van der Waals surface area contributed by atoms with Crippen molar-refractivity contribution in [3.63, 3.8) is 0 Å². The summed E-state index contributed by atoms with van der Waals surface area (Å²) in [6, 6.07) is 22.4. The molecule has 0 heterocycles. The number of hydrogen-bond donors (Lipinski definition) is 2. The van der Waals surface area contributed by atoms with Crippen LogP contribution in [0.15, 0.2) is 133 Å². The van der Waals surface area contributed by atoms with Crippen molar-refractivity contribution < 1.29 is 14.6 Å². The maximum atomic E-state index is 10.1. The lowest BCUT2D eigenvalue weighted by molar-refractivity contribution is 0.112. The van der Waals surface area contributed by atoms with Gasteiger partial charge in [0.25, 0.3) is 0 Å². The van der Waals surface area contributed by atoms with Gasteiger partial charge in [-0.25, -0.2) is 0 Å². The number of halogens is 2. The fraction of sp³-hybridized carbons (Fsp3) is 0.189. The number of aldehydes is 1. The largest absolute Gasteiger partial charge is 0.392 e. The maximum Gasteiger partial charge on any atom is 0.150 e. The highest BCUT2D eigenvalue weighted by molar-refractivity contribution is 6.35. The first kappa shape index (κ1) is 40.0. The van der Waals surface area contributed by atoms with E-state index in [4.69, 9.17) is 28.3 Å². The second-order valence-corrected chi connectivity index (χ2v) is 9.68. The molecule has 7 heteroatoms. The van der Waals surface area contributed by atoms with E-state index in [0.29, 0.717) is 15.6 Å². The van der Waals surface area contributed by atoms with Crippen molar-refractivity contribution in [1.29, 1.82) is 0 Å². The van der Waals surface area contributed by atoms with Crippen LogP contribution < -0.4 is 5.32 Å². The van der Waals surface area contributed by atoms with Gasteiger partial charge in [-0.05, 0) is 49.6 Å². The van der Waals surface area contributed by atoms with Gasteiger partial charge in [0, 0.05) is 49.8 Å². The summed E-state index contributed by atoms with van der Waals surface area (Å²) in [6.45, 7) is 5.74. The molecule has 0 aliphatic carbocycles. The van der Waals surface area contributed by atoms with Crippen LogP contribution in [0.3, 0.4) is 0 Å². The molecule has 0 atom stereocenters. The van der Waals surface area contributed by atoms with Crippen LogP contribution in [-0.2, 0) is 11.3 Å². The van der Waals surface area contributed by atoms with Crippen molar-refractivity contribution in [3.8, 4) is 0 Å². The van der Waals surface area contributed by atoms with Crippen LogP contribution in [0, 0.1) is 6.92 Å². The molecule has 0 amide bonds. The fourth-order valence-corrected chi connectivity index (χ4v) is 3.55. The summed E-state index contributed by atoms with van der Waals surface area (Å²) in [4.78, 5) is 14.6. The van der Waals surface area contributed by atoms with Gasteiger partial charge in [-0.2, -0.15) is 0 Å². The molecule has 234 valence electrons. The first-order chi connectivity index (χ1) is 21.4. The first-order valence-electron chi connectivity index (χ1n) is 13.9. The molecule has 0 spiro atoms. The summed E-state index contributed by atoms with van der Waals surface area (Å²) < 4.78 is 4.25. The minimum Gasteiger partial charge on any atom is -0.392 e. The Morgan fingerprint density at radius 2 is 1.55 bits per heavy atom. The molecular formula is C37H44Cl2N2O3. The number of ether oxygens (including phenoxy) is 1. The number of aryl methyl sites for hydroxylation is 1. The van der Waals surface area contributed by atoms with E-state index in [1.54, 1.807) is 69.1 Å². The number of aliphatic hydroxyl groups excluding tert-OH is 1. The number of benzene rings is 3. The van der Waals surface area contributed by atoms with Crippen LogP contribution in [0.1, 0.15) is 39.9 Å². The van der Waals surface area contributed by atoms with Crippen molar-refractivity contribution in [1.82, 2.24) is 5.32 Å². The third kappa shape index (κ3) is 20.8. The van der Waals surface area contributed by atoms with Crippen LogP contribution in [0.4, 0.5) is 0 Å². The van der Waals surface area contributed by atoms with Crippen LogP contribution in [0.5, 0.6) is 0 Å².